The van der Waals surface area contributed by atoms with Crippen LogP contribution in [0.3, 0.4) is 0 Å². The molecule has 7 heteroatoms. The topological polar surface area (TPSA) is 94.7 Å². The highest BCUT2D eigenvalue weighted by molar-refractivity contribution is 5.76. The number of carbonyl (C=O) groups is 1. The summed E-state index contributed by atoms with van der Waals surface area (Å²) in [7, 11) is 0. The number of rotatable bonds is 5. The fourth-order valence-electron chi connectivity index (χ4n) is 3.07. The maximum absolute atomic E-state index is 12.4. The van der Waals surface area contributed by atoms with Gasteiger partial charge in [-0.05, 0) is 31.2 Å². The van der Waals surface area contributed by atoms with E-state index < -0.39 is 0 Å². The third-order valence-corrected chi connectivity index (χ3v) is 4.30. The standard InChI is InChI=1S/C16H21N5O2/c22-15-7-14(17-11-18-15)13-4-2-6-21(10-13)16(23)5-1-3-12-8-19-20-9-12/h7-9,11,13H,1-6,10H2,(H,19,20)(H,17,18,22). The van der Waals surface area contributed by atoms with Gasteiger partial charge < -0.3 is 9.88 Å². The van der Waals surface area contributed by atoms with E-state index in [-0.39, 0.29) is 17.4 Å². The van der Waals surface area contributed by atoms with Crippen molar-refractivity contribution in [1.29, 1.82) is 0 Å². The van der Waals surface area contributed by atoms with Crippen LogP contribution in [0.1, 0.15) is 42.9 Å². The number of aromatic amines is 2. The Labute approximate surface area is 134 Å². The average Bonchev–Trinajstić information content (AvgIpc) is 3.08. The lowest BCUT2D eigenvalue weighted by atomic mass is 9.94. The lowest BCUT2D eigenvalue weighted by Gasteiger charge is -2.32. The molecule has 0 aliphatic carbocycles. The van der Waals surface area contributed by atoms with E-state index in [1.165, 1.54) is 12.4 Å². The Morgan fingerprint density at radius 3 is 3.13 bits per heavy atom. The zero-order valence-electron chi connectivity index (χ0n) is 13.0. The molecule has 3 rings (SSSR count). The summed E-state index contributed by atoms with van der Waals surface area (Å²) in [5.41, 5.74) is 1.77. The Morgan fingerprint density at radius 1 is 1.43 bits per heavy atom. The first kappa shape index (κ1) is 15.5. The molecule has 1 atom stereocenters. The normalized spacial score (nSPS) is 18.1. The van der Waals surface area contributed by atoms with Gasteiger partial charge in [-0.1, -0.05) is 0 Å². The summed E-state index contributed by atoms with van der Waals surface area (Å²) < 4.78 is 0. The summed E-state index contributed by atoms with van der Waals surface area (Å²) in [5, 5.41) is 6.68. The Morgan fingerprint density at radius 2 is 2.35 bits per heavy atom. The summed E-state index contributed by atoms with van der Waals surface area (Å²) >= 11 is 0. The number of piperidine rings is 1. The molecule has 1 saturated heterocycles. The molecule has 0 bridgehead atoms. The fraction of sp³-hybridized carbons (Fsp3) is 0.500. The summed E-state index contributed by atoms with van der Waals surface area (Å²) in [6.45, 7) is 1.45. The lowest BCUT2D eigenvalue weighted by molar-refractivity contribution is -0.132. The number of aromatic nitrogens is 4. The number of nitrogens with one attached hydrogen (secondary N) is 2. The van der Waals surface area contributed by atoms with Gasteiger partial charge in [0.1, 0.15) is 0 Å². The minimum Gasteiger partial charge on any atom is -0.342 e. The molecule has 0 spiro atoms. The van der Waals surface area contributed by atoms with Gasteiger partial charge in [0.15, 0.2) is 0 Å². The molecule has 2 N–H and O–H groups in total. The predicted molar refractivity (Wildman–Crippen MR) is 84.9 cm³/mol. The van der Waals surface area contributed by atoms with Crippen molar-refractivity contribution in [3.8, 4) is 0 Å². The van der Waals surface area contributed by atoms with Gasteiger partial charge in [0.2, 0.25) is 5.91 Å². The summed E-state index contributed by atoms with van der Waals surface area (Å²) in [4.78, 5) is 32.5. The maximum atomic E-state index is 12.4. The van der Waals surface area contributed by atoms with Crippen LogP contribution in [-0.2, 0) is 11.2 Å². The summed E-state index contributed by atoms with van der Waals surface area (Å²) in [6, 6.07) is 1.54. The molecule has 1 unspecified atom stereocenters. The molecule has 1 amide bonds. The zero-order chi connectivity index (χ0) is 16.1. The van der Waals surface area contributed by atoms with Gasteiger partial charge in [0.25, 0.3) is 5.56 Å². The molecule has 1 fully saturated rings. The van der Waals surface area contributed by atoms with Crippen LogP contribution in [-0.4, -0.2) is 44.1 Å². The number of H-pyrrole nitrogens is 2. The van der Waals surface area contributed by atoms with Gasteiger partial charge in [0, 0.05) is 37.7 Å². The van der Waals surface area contributed by atoms with Crippen molar-refractivity contribution >= 4 is 5.91 Å². The molecule has 23 heavy (non-hydrogen) atoms. The maximum Gasteiger partial charge on any atom is 0.250 e. The van der Waals surface area contributed by atoms with Crippen LogP contribution in [0.2, 0.25) is 0 Å². The van der Waals surface area contributed by atoms with E-state index in [0.717, 1.165) is 43.5 Å². The van der Waals surface area contributed by atoms with Gasteiger partial charge in [-0.2, -0.15) is 5.10 Å². The van der Waals surface area contributed by atoms with Crippen molar-refractivity contribution < 1.29 is 4.79 Å². The van der Waals surface area contributed by atoms with Gasteiger partial charge in [0.05, 0.1) is 18.2 Å². The van der Waals surface area contributed by atoms with Gasteiger partial charge in [-0.15, -0.1) is 0 Å². The number of hydrogen-bond donors (Lipinski definition) is 2. The number of likely N-dealkylation sites (tertiary alicyclic amines) is 1. The van der Waals surface area contributed by atoms with Crippen molar-refractivity contribution in [2.45, 2.75) is 38.0 Å². The van der Waals surface area contributed by atoms with Crippen LogP contribution in [0.15, 0.2) is 29.6 Å². The fourth-order valence-corrected chi connectivity index (χ4v) is 3.07. The number of amides is 1. The van der Waals surface area contributed by atoms with E-state index in [1.807, 2.05) is 11.1 Å². The minimum atomic E-state index is -0.140. The van der Waals surface area contributed by atoms with Crippen LogP contribution < -0.4 is 5.56 Å². The molecule has 7 nitrogen and oxygen atoms in total. The Balaban J connectivity index is 1.53. The molecule has 2 aromatic rings. The minimum absolute atomic E-state index is 0.140. The third-order valence-electron chi connectivity index (χ3n) is 4.30. The van der Waals surface area contributed by atoms with E-state index in [0.29, 0.717) is 13.0 Å². The van der Waals surface area contributed by atoms with E-state index in [9.17, 15) is 9.59 Å². The van der Waals surface area contributed by atoms with Crippen molar-refractivity contribution in [1.82, 2.24) is 25.1 Å². The Hall–Kier alpha value is -2.44. The Kier molecular flexibility index (Phi) is 4.85. The molecule has 1 aliphatic rings. The van der Waals surface area contributed by atoms with Crippen LogP contribution in [0.4, 0.5) is 0 Å². The van der Waals surface area contributed by atoms with Gasteiger partial charge in [-0.25, -0.2) is 4.98 Å². The first-order valence-electron chi connectivity index (χ1n) is 8.02. The smallest absolute Gasteiger partial charge is 0.250 e. The molecule has 2 aromatic heterocycles. The molecular weight excluding hydrogens is 294 g/mol. The number of hydrogen-bond acceptors (Lipinski definition) is 4. The first-order chi connectivity index (χ1) is 11.2. The summed E-state index contributed by atoms with van der Waals surface area (Å²) in [6.07, 6.45) is 9.23. The number of carbonyl (C=O) groups excluding carboxylic acids is 1. The predicted octanol–water partition coefficient (Wildman–Crippen LogP) is 1.22. The van der Waals surface area contributed by atoms with Gasteiger partial charge in [-0.3, -0.25) is 14.7 Å². The quantitative estimate of drug-likeness (QED) is 0.867. The van der Waals surface area contributed by atoms with Crippen LogP contribution >= 0.6 is 0 Å². The SMILES string of the molecule is O=C(CCCc1cn[nH]c1)N1CCCC(c2cc(=O)[nH]cn2)C1. The zero-order valence-corrected chi connectivity index (χ0v) is 13.0. The monoisotopic (exact) mass is 315 g/mol. The summed E-state index contributed by atoms with van der Waals surface area (Å²) in [5.74, 6) is 0.340. The molecule has 122 valence electrons. The van der Waals surface area contributed by atoms with Crippen molar-refractivity contribution in [2.24, 2.45) is 0 Å². The second kappa shape index (κ2) is 7.21. The average molecular weight is 315 g/mol. The van der Waals surface area contributed by atoms with E-state index in [2.05, 4.69) is 20.2 Å². The van der Waals surface area contributed by atoms with Crippen LogP contribution in [0, 0.1) is 0 Å². The third kappa shape index (κ3) is 4.06. The number of aryl methyl sites for hydroxylation is 1. The van der Waals surface area contributed by atoms with Crippen molar-refractivity contribution in [3.05, 3.63) is 46.4 Å². The first-order valence-corrected chi connectivity index (χ1v) is 8.02. The number of nitrogens with zero attached hydrogens (tertiary/aromatic N) is 3. The highest BCUT2D eigenvalue weighted by Crippen LogP contribution is 2.25. The highest BCUT2D eigenvalue weighted by Gasteiger charge is 2.25. The molecule has 0 aromatic carbocycles. The molecule has 3 heterocycles. The Bertz CT molecular complexity index is 695. The van der Waals surface area contributed by atoms with Crippen molar-refractivity contribution in [3.63, 3.8) is 0 Å². The second-order valence-corrected chi connectivity index (χ2v) is 5.98. The molecule has 0 saturated carbocycles. The van der Waals surface area contributed by atoms with Gasteiger partial charge >= 0.3 is 0 Å². The second-order valence-electron chi connectivity index (χ2n) is 5.98. The highest BCUT2D eigenvalue weighted by atomic mass is 16.2. The molecular formula is C16H21N5O2. The lowest BCUT2D eigenvalue weighted by Crippen LogP contribution is -2.39. The van der Waals surface area contributed by atoms with Crippen LogP contribution in [0.5, 0.6) is 0 Å². The van der Waals surface area contributed by atoms with Crippen LogP contribution in [0.25, 0.3) is 0 Å². The van der Waals surface area contributed by atoms with E-state index >= 15 is 0 Å². The van der Waals surface area contributed by atoms with Crippen molar-refractivity contribution in [2.75, 3.05) is 13.1 Å². The van der Waals surface area contributed by atoms with E-state index in [1.54, 1.807) is 6.20 Å². The largest absolute Gasteiger partial charge is 0.342 e. The molecule has 1 aliphatic heterocycles. The van der Waals surface area contributed by atoms with E-state index in [4.69, 9.17) is 0 Å². The molecule has 0 radical (unpaired) electrons.